The Morgan fingerprint density at radius 3 is 3.25 bits per heavy atom. The van der Waals surface area contributed by atoms with Crippen molar-refractivity contribution in [2.24, 2.45) is 5.92 Å². The molecule has 1 aliphatic heterocycles. The van der Waals surface area contributed by atoms with Gasteiger partial charge in [0.2, 0.25) is 0 Å². The van der Waals surface area contributed by atoms with Gasteiger partial charge >= 0.3 is 0 Å². The molecule has 2 unspecified atom stereocenters. The predicted octanol–water partition coefficient (Wildman–Crippen LogP) is 2.62. The van der Waals surface area contributed by atoms with E-state index in [2.05, 4.69) is 34.4 Å². The van der Waals surface area contributed by atoms with Crippen LogP contribution in [0.2, 0.25) is 0 Å². The van der Waals surface area contributed by atoms with Crippen molar-refractivity contribution in [2.45, 2.75) is 38.8 Å². The van der Waals surface area contributed by atoms with Crippen molar-refractivity contribution in [3.05, 3.63) is 22.4 Å². The molecule has 16 heavy (non-hydrogen) atoms. The van der Waals surface area contributed by atoms with Crippen molar-refractivity contribution in [1.82, 2.24) is 10.6 Å². The number of nitrogens with one attached hydrogen (secondary N) is 2. The second-order valence-electron chi connectivity index (χ2n) is 4.71. The van der Waals surface area contributed by atoms with Gasteiger partial charge in [0.1, 0.15) is 0 Å². The van der Waals surface area contributed by atoms with E-state index in [1.165, 1.54) is 31.4 Å². The molecule has 0 radical (unpaired) electrons. The maximum absolute atomic E-state index is 3.60. The lowest BCUT2D eigenvalue weighted by molar-refractivity contribution is 0.288. The quantitative estimate of drug-likeness (QED) is 0.824. The first kappa shape index (κ1) is 12.1. The average molecular weight is 238 g/mol. The number of piperidine rings is 1. The molecule has 3 heteroatoms. The minimum absolute atomic E-state index is 0.678. The summed E-state index contributed by atoms with van der Waals surface area (Å²) in [5.41, 5.74) is 1.41. The third kappa shape index (κ3) is 3.58. The van der Waals surface area contributed by atoms with E-state index >= 15 is 0 Å². The Bertz CT molecular complexity index is 284. The smallest absolute Gasteiger partial charge is 0.0214 e. The third-order valence-corrected chi connectivity index (χ3v) is 4.21. The first-order chi connectivity index (χ1) is 7.88. The topological polar surface area (TPSA) is 24.1 Å². The molecule has 0 bridgehead atoms. The number of thiophene rings is 1. The van der Waals surface area contributed by atoms with Gasteiger partial charge in [-0.2, -0.15) is 11.3 Å². The van der Waals surface area contributed by atoms with Crippen molar-refractivity contribution in [1.29, 1.82) is 0 Å². The fourth-order valence-corrected chi connectivity index (χ4v) is 3.07. The molecular formula is C13H22N2S. The van der Waals surface area contributed by atoms with E-state index in [9.17, 15) is 0 Å². The molecule has 0 amide bonds. The van der Waals surface area contributed by atoms with E-state index in [1.807, 2.05) is 0 Å². The zero-order chi connectivity index (χ0) is 11.2. The minimum Gasteiger partial charge on any atom is -0.313 e. The van der Waals surface area contributed by atoms with Crippen LogP contribution < -0.4 is 10.6 Å². The highest BCUT2D eigenvalue weighted by Crippen LogP contribution is 2.18. The van der Waals surface area contributed by atoms with Gasteiger partial charge in [-0.25, -0.2) is 0 Å². The Morgan fingerprint density at radius 2 is 2.50 bits per heavy atom. The first-order valence-corrected chi connectivity index (χ1v) is 7.28. The van der Waals surface area contributed by atoms with Gasteiger partial charge in [-0.3, -0.25) is 0 Å². The van der Waals surface area contributed by atoms with Gasteiger partial charge in [-0.1, -0.05) is 13.3 Å². The maximum Gasteiger partial charge on any atom is 0.0214 e. The largest absolute Gasteiger partial charge is 0.313 e. The van der Waals surface area contributed by atoms with Crippen molar-refractivity contribution >= 4 is 11.3 Å². The highest BCUT2D eigenvalue weighted by Gasteiger charge is 2.19. The molecule has 2 nitrogen and oxygen atoms in total. The second kappa shape index (κ2) is 6.38. The molecule has 90 valence electrons. The summed E-state index contributed by atoms with van der Waals surface area (Å²) >= 11 is 1.77. The molecule has 2 rings (SSSR count). The lowest BCUT2D eigenvalue weighted by Crippen LogP contribution is -2.44. The van der Waals surface area contributed by atoms with Crippen LogP contribution in [-0.2, 0) is 6.54 Å². The molecule has 1 aliphatic rings. The summed E-state index contributed by atoms with van der Waals surface area (Å²) in [7, 11) is 0. The van der Waals surface area contributed by atoms with Crippen LogP contribution >= 0.6 is 11.3 Å². The molecule has 0 saturated carbocycles. The molecule has 1 aromatic rings. The Morgan fingerprint density at radius 1 is 1.56 bits per heavy atom. The molecule has 0 spiro atoms. The van der Waals surface area contributed by atoms with E-state index in [1.54, 1.807) is 11.3 Å². The molecule has 1 aromatic heterocycles. The summed E-state index contributed by atoms with van der Waals surface area (Å²) in [6.07, 6.45) is 4.04. The van der Waals surface area contributed by atoms with E-state index in [4.69, 9.17) is 0 Å². The zero-order valence-corrected chi connectivity index (χ0v) is 10.9. The molecule has 2 heterocycles. The van der Waals surface area contributed by atoms with Crippen molar-refractivity contribution in [2.75, 3.05) is 13.1 Å². The number of rotatable bonds is 5. The van der Waals surface area contributed by atoms with Crippen LogP contribution in [0.15, 0.2) is 16.8 Å². The number of hydrogen-bond donors (Lipinski definition) is 2. The molecule has 0 aromatic carbocycles. The van der Waals surface area contributed by atoms with Crippen LogP contribution in [0.5, 0.6) is 0 Å². The van der Waals surface area contributed by atoms with Gasteiger partial charge in [0.05, 0.1) is 0 Å². The van der Waals surface area contributed by atoms with Gasteiger partial charge < -0.3 is 10.6 Å². The fourth-order valence-electron chi connectivity index (χ4n) is 2.41. The van der Waals surface area contributed by atoms with Crippen LogP contribution in [0.3, 0.4) is 0 Å². The Kier molecular flexibility index (Phi) is 4.82. The Labute approximate surface area is 102 Å². The lowest BCUT2D eigenvalue weighted by atomic mass is 9.90. The molecular weight excluding hydrogens is 216 g/mol. The van der Waals surface area contributed by atoms with Crippen LogP contribution in [0.1, 0.15) is 31.7 Å². The van der Waals surface area contributed by atoms with Crippen LogP contribution in [0.25, 0.3) is 0 Å². The SMILES string of the molecule is CCC1CCNC(CNCc2ccsc2)C1. The molecule has 2 atom stereocenters. The number of hydrogen-bond acceptors (Lipinski definition) is 3. The summed E-state index contributed by atoms with van der Waals surface area (Å²) < 4.78 is 0. The van der Waals surface area contributed by atoms with Crippen LogP contribution in [-0.4, -0.2) is 19.1 Å². The van der Waals surface area contributed by atoms with Gasteiger partial charge in [0.25, 0.3) is 0 Å². The standard InChI is InChI=1S/C13H22N2S/c1-2-11-3-5-15-13(7-11)9-14-8-12-4-6-16-10-12/h4,6,10-11,13-15H,2-3,5,7-9H2,1H3. The van der Waals surface area contributed by atoms with E-state index in [-0.39, 0.29) is 0 Å². The summed E-state index contributed by atoms with van der Waals surface area (Å²) in [5.74, 6) is 0.939. The van der Waals surface area contributed by atoms with Crippen molar-refractivity contribution < 1.29 is 0 Å². The minimum atomic E-state index is 0.678. The zero-order valence-electron chi connectivity index (χ0n) is 10.0. The van der Waals surface area contributed by atoms with Crippen LogP contribution in [0, 0.1) is 5.92 Å². The molecule has 0 aliphatic carbocycles. The highest BCUT2D eigenvalue weighted by atomic mass is 32.1. The fraction of sp³-hybridized carbons (Fsp3) is 0.692. The third-order valence-electron chi connectivity index (χ3n) is 3.48. The van der Waals surface area contributed by atoms with Gasteiger partial charge in [0.15, 0.2) is 0 Å². The van der Waals surface area contributed by atoms with E-state index in [0.717, 1.165) is 19.0 Å². The molecule has 2 N–H and O–H groups in total. The lowest BCUT2D eigenvalue weighted by Gasteiger charge is -2.29. The highest BCUT2D eigenvalue weighted by molar-refractivity contribution is 7.07. The van der Waals surface area contributed by atoms with Crippen LogP contribution in [0.4, 0.5) is 0 Å². The summed E-state index contributed by atoms with van der Waals surface area (Å²) in [6, 6.07) is 2.87. The van der Waals surface area contributed by atoms with Crippen molar-refractivity contribution in [3.8, 4) is 0 Å². The molecule has 1 fully saturated rings. The van der Waals surface area contributed by atoms with Gasteiger partial charge in [-0.05, 0) is 47.7 Å². The van der Waals surface area contributed by atoms with Gasteiger partial charge in [0, 0.05) is 19.1 Å². The average Bonchev–Trinajstić information content (AvgIpc) is 2.82. The summed E-state index contributed by atoms with van der Waals surface area (Å²) in [6.45, 7) is 5.62. The van der Waals surface area contributed by atoms with Crippen molar-refractivity contribution in [3.63, 3.8) is 0 Å². The monoisotopic (exact) mass is 238 g/mol. The maximum atomic E-state index is 3.60. The molecule has 1 saturated heterocycles. The predicted molar refractivity (Wildman–Crippen MR) is 70.8 cm³/mol. The summed E-state index contributed by atoms with van der Waals surface area (Å²) in [4.78, 5) is 0. The van der Waals surface area contributed by atoms with E-state index in [0.29, 0.717) is 6.04 Å². The second-order valence-corrected chi connectivity index (χ2v) is 5.49. The van der Waals surface area contributed by atoms with E-state index < -0.39 is 0 Å². The normalized spacial score (nSPS) is 25.8. The summed E-state index contributed by atoms with van der Waals surface area (Å²) in [5, 5.41) is 11.5. The first-order valence-electron chi connectivity index (χ1n) is 6.33. The Hall–Kier alpha value is -0.380. The Balaban J connectivity index is 1.65. The van der Waals surface area contributed by atoms with Gasteiger partial charge in [-0.15, -0.1) is 0 Å².